The van der Waals surface area contributed by atoms with E-state index in [-0.39, 0.29) is 12.1 Å². The van der Waals surface area contributed by atoms with Gasteiger partial charge >= 0.3 is 6.18 Å². The highest BCUT2D eigenvalue weighted by Gasteiger charge is 2.38. The first-order valence-electron chi connectivity index (χ1n) is 6.82. The molecule has 0 spiro atoms. The second-order valence-electron chi connectivity index (χ2n) is 5.68. The smallest absolute Gasteiger partial charge is 0.305 e. The summed E-state index contributed by atoms with van der Waals surface area (Å²) in [6.45, 7) is 0. The first-order chi connectivity index (χ1) is 10.0. The highest BCUT2D eigenvalue weighted by Crippen LogP contribution is 2.30. The minimum Gasteiger partial charge on any atom is -0.305 e. The molecule has 1 N–H and O–H groups in total. The lowest BCUT2D eigenvalue weighted by atomic mass is 10.2. The predicted octanol–water partition coefficient (Wildman–Crippen LogP) is 1.20. The van der Waals surface area contributed by atoms with Crippen LogP contribution in [0.2, 0.25) is 0 Å². The van der Waals surface area contributed by atoms with E-state index in [1.807, 2.05) is 19.0 Å². The van der Waals surface area contributed by atoms with Crippen molar-refractivity contribution in [2.75, 3.05) is 14.1 Å². The van der Waals surface area contributed by atoms with Gasteiger partial charge in [0.25, 0.3) is 10.0 Å². The summed E-state index contributed by atoms with van der Waals surface area (Å²) in [5, 5.41) is 2.76. The molecule has 2 atom stereocenters. The van der Waals surface area contributed by atoms with Gasteiger partial charge in [-0.15, -0.1) is 0 Å². The van der Waals surface area contributed by atoms with Gasteiger partial charge in [0.15, 0.2) is 10.7 Å². The molecule has 0 unspecified atom stereocenters. The number of rotatable bonds is 4. The van der Waals surface area contributed by atoms with Crippen LogP contribution < -0.4 is 4.72 Å². The van der Waals surface area contributed by atoms with Crippen LogP contribution in [0.5, 0.6) is 0 Å². The number of aryl methyl sites for hydroxylation is 1. The number of sulfonamides is 1. The van der Waals surface area contributed by atoms with Crippen LogP contribution in [0.3, 0.4) is 0 Å². The fourth-order valence-corrected chi connectivity index (χ4v) is 4.25. The van der Waals surface area contributed by atoms with Crippen molar-refractivity contribution in [1.29, 1.82) is 0 Å². The molecule has 0 aromatic carbocycles. The van der Waals surface area contributed by atoms with Crippen molar-refractivity contribution in [3.8, 4) is 0 Å². The minimum absolute atomic E-state index is 0.0325. The minimum atomic E-state index is -4.68. The lowest BCUT2D eigenvalue weighted by Crippen LogP contribution is -2.46. The average molecular weight is 340 g/mol. The highest BCUT2D eigenvalue weighted by atomic mass is 32.2. The Labute approximate surface area is 127 Å². The molecule has 1 heterocycles. The largest absolute Gasteiger partial charge is 0.435 e. The van der Waals surface area contributed by atoms with Gasteiger partial charge < -0.3 is 4.90 Å². The molecule has 0 radical (unpaired) electrons. The quantitative estimate of drug-likeness (QED) is 0.894. The number of nitrogens with one attached hydrogen (secondary N) is 1. The first-order valence-corrected chi connectivity index (χ1v) is 8.30. The summed E-state index contributed by atoms with van der Waals surface area (Å²) in [5.74, 6) is 0. The molecule has 126 valence electrons. The van der Waals surface area contributed by atoms with E-state index in [0.29, 0.717) is 12.5 Å². The molecule has 0 saturated heterocycles. The van der Waals surface area contributed by atoms with E-state index < -0.39 is 26.9 Å². The second-order valence-corrected chi connectivity index (χ2v) is 7.34. The van der Waals surface area contributed by atoms with Crippen LogP contribution in [0.25, 0.3) is 0 Å². The van der Waals surface area contributed by atoms with Crippen molar-refractivity contribution in [1.82, 2.24) is 19.4 Å². The molecule has 6 nitrogen and oxygen atoms in total. The molecule has 22 heavy (non-hydrogen) atoms. The molecule has 1 aromatic heterocycles. The Hall–Kier alpha value is -1.13. The maximum atomic E-state index is 12.6. The summed E-state index contributed by atoms with van der Waals surface area (Å²) >= 11 is 0. The zero-order valence-corrected chi connectivity index (χ0v) is 13.4. The Balaban J connectivity index is 2.26. The summed E-state index contributed by atoms with van der Waals surface area (Å²) in [7, 11) is 0.827. The number of hydrogen-bond acceptors (Lipinski definition) is 4. The van der Waals surface area contributed by atoms with Crippen molar-refractivity contribution in [3.05, 3.63) is 11.8 Å². The number of hydrogen-bond donors (Lipinski definition) is 1. The van der Waals surface area contributed by atoms with Gasteiger partial charge in [0.05, 0.1) is 0 Å². The van der Waals surface area contributed by atoms with Crippen molar-refractivity contribution < 1.29 is 21.6 Å². The SMILES string of the molecule is CN(C)[C@@H]1CCC[C@H]1NS(=O)(=O)c1cc(C(F)(F)F)nn1C. The van der Waals surface area contributed by atoms with Crippen LogP contribution in [0.4, 0.5) is 13.2 Å². The van der Waals surface area contributed by atoms with E-state index in [0.717, 1.165) is 17.5 Å². The van der Waals surface area contributed by atoms with Gasteiger partial charge in [-0.2, -0.15) is 18.3 Å². The number of likely N-dealkylation sites (N-methyl/N-ethyl adjacent to an activating group) is 1. The van der Waals surface area contributed by atoms with E-state index in [4.69, 9.17) is 0 Å². The first kappa shape index (κ1) is 17.2. The van der Waals surface area contributed by atoms with Crippen LogP contribution in [0, 0.1) is 0 Å². The Kier molecular flexibility index (Phi) is 4.56. The molecule has 10 heteroatoms. The maximum Gasteiger partial charge on any atom is 0.435 e. The van der Waals surface area contributed by atoms with E-state index >= 15 is 0 Å². The number of nitrogens with zero attached hydrogens (tertiary/aromatic N) is 3. The third-order valence-corrected chi connectivity index (χ3v) is 5.40. The van der Waals surface area contributed by atoms with Crippen LogP contribution in [0.15, 0.2) is 11.1 Å². The van der Waals surface area contributed by atoms with Gasteiger partial charge in [-0.05, 0) is 26.9 Å². The highest BCUT2D eigenvalue weighted by molar-refractivity contribution is 7.89. The van der Waals surface area contributed by atoms with E-state index in [1.54, 1.807) is 0 Å². The summed E-state index contributed by atoms with van der Waals surface area (Å²) in [6.07, 6.45) is -2.30. The molecular formula is C12H19F3N4O2S. The number of alkyl halides is 3. The van der Waals surface area contributed by atoms with Crippen molar-refractivity contribution in [2.45, 2.75) is 42.5 Å². The van der Waals surface area contributed by atoms with Crippen LogP contribution in [-0.4, -0.2) is 49.3 Å². The molecule has 1 aliphatic rings. The predicted molar refractivity (Wildman–Crippen MR) is 73.6 cm³/mol. The normalized spacial score (nSPS) is 23.4. The third kappa shape index (κ3) is 3.44. The topological polar surface area (TPSA) is 67.2 Å². The monoisotopic (exact) mass is 340 g/mol. The lowest BCUT2D eigenvalue weighted by Gasteiger charge is -2.26. The molecule has 0 amide bonds. The van der Waals surface area contributed by atoms with Crippen LogP contribution in [0.1, 0.15) is 25.0 Å². The second kappa shape index (κ2) is 5.82. The zero-order chi connectivity index (χ0) is 16.7. The van der Waals surface area contributed by atoms with Crippen molar-refractivity contribution in [2.24, 2.45) is 7.05 Å². The zero-order valence-electron chi connectivity index (χ0n) is 12.6. The molecule has 1 saturated carbocycles. The van der Waals surface area contributed by atoms with Gasteiger partial charge in [0.1, 0.15) is 0 Å². The summed E-state index contributed by atoms with van der Waals surface area (Å²) in [5.41, 5.74) is -1.22. The van der Waals surface area contributed by atoms with Crippen LogP contribution in [-0.2, 0) is 23.2 Å². The van der Waals surface area contributed by atoms with Gasteiger partial charge in [-0.25, -0.2) is 13.1 Å². The maximum absolute atomic E-state index is 12.6. The van der Waals surface area contributed by atoms with Crippen LogP contribution >= 0.6 is 0 Å². The van der Waals surface area contributed by atoms with Crippen molar-refractivity contribution in [3.63, 3.8) is 0 Å². The summed E-state index contributed by atoms with van der Waals surface area (Å²) in [4.78, 5) is 1.92. The lowest BCUT2D eigenvalue weighted by molar-refractivity contribution is -0.141. The van der Waals surface area contributed by atoms with E-state index in [1.165, 1.54) is 7.05 Å². The standard InChI is InChI=1S/C12H19F3N4O2S/c1-18(2)9-6-4-5-8(9)17-22(20,21)11-7-10(12(13,14)15)16-19(11)3/h7-9,17H,4-6H2,1-3H3/t8-,9-/m1/s1. The van der Waals surface area contributed by atoms with E-state index in [9.17, 15) is 21.6 Å². The van der Waals surface area contributed by atoms with Gasteiger partial charge in [-0.3, -0.25) is 4.68 Å². The fourth-order valence-electron chi connectivity index (χ4n) is 2.80. The average Bonchev–Trinajstić information content (AvgIpc) is 2.94. The number of halogens is 3. The van der Waals surface area contributed by atoms with Gasteiger partial charge in [0, 0.05) is 25.2 Å². The van der Waals surface area contributed by atoms with E-state index in [2.05, 4.69) is 9.82 Å². The van der Waals surface area contributed by atoms with Gasteiger partial charge in [-0.1, -0.05) is 6.42 Å². The Morgan fingerprint density at radius 2 is 2.00 bits per heavy atom. The summed E-state index contributed by atoms with van der Waals surface area (Å²) in [6, 6.07) is 0.274. The fraction of sp³-hybridized carbons (Fsp3) is 0.750. The number of aromatic nitrogens is 2. The Morgan fingerprint density at radius 1 is 1.36 bits per heavy atom. The molecular weight excluding hydrogens is 321 g/mol. The van der Waals surface area contributed by atoms with Gasteiger partial charge in [0.2, 0.25) is 0 Å². The summed E-state index contributed by atoms with van der Waals surface area (Å²) < 4.78 is 65.9. The third-order valence-electron chi connectivity index (χ3n) is 3.85. The molecule has 0 aliphatic heterocycles. The molecule has 1 aliphatic carbocycles. The van der Waals surface area contributed by atoms with Crippen molar-refractivity contribution >= 4 is 10.0 Å². The molecule has 1 fully saturated rings. The Bertz CT molecular complexity index is 639. The Morgan fingerprint density at radius 3 is 2.50 bits per heavy atom. The molecule has 2 rings (SSSR count). The molecule has 1 aromatic rings. The molecule has 0 bridgehead atoms.